The highest BCUT2D eigenvalue weighted by Gasteiger charge is 2.23. The molecule has 0 aliphatic rings. The molecule has 0 aliphatic carbocycles. The van der Waals surface area contributed by atoms with E-state index in [0.717, 1.165) is 5.69 Å². The summed E-state index contributed by atoms with van der Waals surface area (Å²) in [6.07, 6.45) is 1.60. The molecule has 1 atom stereocenters. The van der Waals surface area contributed by atoms with E-state index >= 15 is 0 Å². The summed E-state index contributed by atoms with van der Waals surface area (Å²) in [6.45, 7) is 2.70. The molecule has 0 amide bonds. The molecular weight excluding hydrogens is 307 g/mol. The minimum absolute atomic E-state index is 0.323. The minimum atomic E-state index is -0.323. The minimum Gasteiger partial charge on any atom is -0.452 e. The first-order valence-electron chi connectivity index (χ1n) is 5.10. The summed E-state index contributed by atoms with van der Waals surface area (Å²) in [5, 5.41) is 4.73. The second-order valence-corrected chi connectivity index (χ2v) is 4.62. The molecule has 0 fully saturated rings. The third kappa shape index (κ3) is 2.40. The average molecular weight is 320 g/mol. The van der Waals surface area contributed by atoms with E-state index < -0.39 is 0 Å². The number of halogens is 2. The molecule has 92 valence electrons. The smallest absolute Gasteiger partial charge is 0.169 e. The van der Waals surface area contributed by atoms with E-state index in [1.54, 1.807) is 16.9 Å². The molecule has 0 radical (unpaired) electrons. The van der Waals surface area contributed by atoms with Gasteiger partial charge in [-0.05, 0) is 35.0 Å². The molecule has 1 unspecified atom stereocenters. The Hall–Kier alpha value is -0.820. The molecular formula is C10H12BrClN4O. The largest absolute Gasteiger partial charge is 0.452 e. The first kappa shape index (κ1) is 12.6. The fourth-order valence-corrected chi connectivity index (χ4v) is 2.26. The summed E-state index contributed by atoms with van der Waals surface area (Å²) in [4.78, 5) is 0. The summed E-state index contributed by atoms with van der Waals surface area (Å²) in [5.74, 6) is 6.25. The lowest BCUT2D eigenvalue weighted by Crippen LogP contribution is -2.30. The van der Waals surface area contributed by atoms with Gasteiger partial charge in [-0.3, -0.25) is 10.5 Å². The second-order valence-electron chi connectivity index (χ2n) is 3.44. The van der Waals surface area contributed by atoms with Crippen LogP contribution in [0, 0.1) is 0 Å². The number of furan rings is 1. The Morgan fingerprint density at radius 1 is 1.65 bits per heavy atom. The molecule has 0 saturated carbocycles. The predicted octanol–water partition coefficient (Wildman–Crippen LogP) is 2.46. The number of hydrogen-bond donors (Lipinski definition) is 2. The predicted molar refractivity (Wildman–Crippen MR) is 68.5 cm³/mol. The maximum atomic E-state index is 6.12. The molecule has 3 N–H and O–H groups in total. The number of hydrogen-bond acceptors (Lipinski definition) is 4. The maximum absolute atomic E-state index is 6.12. The fraction of sp³-hybridized carbons (Fsp3) is 0.300. The zero-order valence-corrected chi connectivity index (χ0v) is 11.5. The fourth-order valence-electron chi connectivity index (χ4n) is 1.69. The van der Waals surface area contributed by atoms with Crippen LogP contribution in [0.15, 0.2) is 27.4 Å². The Morgan fingerprint density at radius 2 is 2.41 bits per heavy atom. The van der Waals surface area contributed by atoms with Crippen LogP contribution in [0.3, 0.4) is 0 Å². The molecule has 7 heteroatoms. The van der Waals surface area contributed by atoms with Crippen molar-refractivity contribution < 1.29 is 4.42 Å². The normalized spacial score (nSPS) is 12.9. The van der Waals surface area contributed by atoms with Gasteiger partial charge in [0.05, 0.1) is 16.9 Å². The quantitative estimate of drug-likeness (QED) is 0.671. The summed E-state index contributed by atoms with van der Waals surface area (Å²) >= 11 is 9.38. The van der Waals surface area contributed by atoms with Gasteiger partial charge in [-0.1, -0.05) is 11.6 Å². The van der Waals surface area contributed by atoms with Gasteiger partial charge in [-0.2, -0.15) is 5.10 Å². The van der Waals surface area contributed by atoms with Crippen molar-refractivity contribution in [2.45, 2.75) is 19.5 Å². The van der Waals surface area contributed by atoms with Gasteiger partial charge < -0.3 is 4.42 Å². The summed E-state index contributed by atoms with van der Waals surface area (Å²) in [7, 11) is 0. The van der Waals surface area contributed by atoms with Crippen molar-refractivity contribution in [2.24, 2.45) is 5.84 Å². The SMILES string of the molecule is CCn1ncc(Cl)c1C(NN)c1ccc(Br)o1. The average Bonchev–Trinajstić information content (AvgIpc) is 2.89. The molecule has 0 bridgehead atoms. The zero-order valence-electron chi connectivity index (χ0n) is 9.15. The Kier molecular flexibility index (Phi) is 3.88. The van der Waals surface area contributed by atoms with Gasteiger partial charge in [-0.25, -0.2) is 5.43 Å². The van der Waals surface area contributed by atoms with Crippen molar-refractivity contribution in [3.05, 3.63) is 39.5 Å². The van der Waals surface area contributed by atoms with Crippen LogP contribution in [0.5, 0.6) is 0 Å². The van der Waals surface area contributed by atoms with E-state index in [9.17, 15) is 0 Å². The van der Waals surface area contributed by atoms with Gasteiger partial charge in [0.1, 0.15) is 11.8 Å². The van der Waals surface area contributed by atoms with Gasteiger partial charge in [0.2, 0.25) is 0 Å². The number of rotatable bonds is 4. The van der Waals surface area contributed by atoms with Crippen molar-refractivity contribution >= 4 is 27.5 Å². The maximum Gasteiger partial charge on any atom is 0.169 e. The van der Waals surface area contributed by atoms with Gasteiger partial charge >= 0.3 is 0 Å². The monoisotopic (exact) mass is 318 g/mol. The topological polar surface area (TPSA) is 69.0 Å². The number of aryl methyl sites for hydroxylation is 1. The molecule has 2 rings (SSSR count). The van der Waals surface area contributed by atoms with Gasteiger partial charge in [0.15, 0.2) is 4.67 Å². The zero-order chi connectivity index (χ0) is 12.4. The number of aromatic nitrogens is 2. The second kappa shape index (κ2) is 5.22. The standard InChI is InChI=1S/C10H12BrClN4O/c1-2-16-10(6(12)5-14-16)9(15-13)7-3-4-8(11)17-7/h3-5,9,15H,2,13H2,1H3. The van der Waals surface area contributed by atoms with E-state index in [2.05, 4.69) is 26.5 Å². The Balaban J connectivity index is 2.44. The lowest BCUT2D eigenvalue weighted by Gasteiger charge is -2.15. The van der Waals surface area contributed by atoms with Crippen LogP contribution >= 0.6 is 27.5 Å². The number of nitrogens with two attached hydrogens (primary N) is 1. The molecule has 2 aromatic rings. The van der Waals surface area contributed by atoms with Gasteiger partial charge in [-0.15, -0.1) is 0 Å². The van der Waals surface area contributed by atoms with Crippen molar-refractivity contribution in [1.82, 2.24) is 15.2 Å². The van der Waals surface area contributed by atoms with Crippen LogP contribution in [0.4, 0.5) is 0 Å². The summed E-state index contributed by atoms with van der Waals surface area (Å²) in [6, 6.07) is 3.31. The molecule has 0 aliphatic heterocycles. The number of hydrazine groups is 1. The highest BCUT2D eigenvalue weighted by atomic mass is 79.9. The third-order valence-electron chi connectivity index (χ3n) is 2.45. The van der Waals surface area contributed by atoms with E-state index in [0.29, 0.717) is 22.0 Å². The lowest BCUT2D eigenvalue weighted by atomic mass is 10.1. The Labute approximate surface area is 112 Å². The van der Waals surface area contributed by atoms with Crippen molar-refractivity contribution in [1.29, 1.82) is 0 Å². The molecule has 0 spiro atoms. The number of nitrogens with zero attached hydrogens (tertiary/aromatic N) is 2. The molecule has 0 aromatic carbocycles. The van der Waals surface area contributed by atoms with Crippen LogP contribution in [0.2, 0.25) is 5.02 Å². The van der Waals surface area contributed by atoms with Crippen LogP contribution in [0.25, 0.3) is 0 Å². The Morgan fingerprint density at radius 3 is 2.94 bits per heavy atom. The third-order valence-corrected chi connectivity index (χ3v) is 3.17. The van der Waals surface area contributed by atoms with Crippen LogP contribution < -0.4 is 11.3 Å². The van der Waals surface area contributed by atoms with Crippen LogP contribution in [-0.2, 0) is 6.54 Å². The van der Waals surface area contributed by atoms with E-state index in [1.165, 1.54) is 0 Å². The van der Waals surface area contributed by atoms with Gasteiger partial charge in [0, 0.05) is 6.54 Å². The van der Waals surface area contributed by atoms with Crippen molar-refractivity contribution in [2.75, 3.05) is 0 Å². The number of nitrogens with one attached hydrogen (secondary N) is 1. The van der Waals surface area contributed by atoms with Crippen molar-refractivity contribution in [3.63, 3.8) is 0 Å². The Bertz CT molecular complexity index is 510. The van der Waals surface area contributed by atoms with E-state index in [4.69, 9.17) is 21.9 Å². The highest BCUT2D eigenvalue weighted by Crippen LogP contribution is 2.29. The summed E-state index contributed by atoms with van der Waals surface area (Å²) < 4.78 is 7.92. The first-order valence-corrected chi connectivity index (χ1v) is 6.27. The first-order chi connectivity index (χ1) is 8.17. The summed E-state index contributed by atoms with van der Waals surface area (Å²) in [5.41, 5.74) is 3.48. The molecule has 2 heterocycles. The molecule has 2 aromatic heterocycles. The highest BCUT2D eigenvalue weighted by molar-refractivity contribution is 9.10. The molecule has 5 nitrogen and oxygen atoms in total. The van der Waals surface area contributed by atoms with Crippen LogP contribution in [0.1, 0.15) is 24.4 Å². The molecule has 17 heavy (non-hydrogen) atoms. The van der Waals surface area contributed by atoms with Gasteiger partial charge in [0.25, 0.3) is 0 Å². The van der Waals surface area contributed by atoms with E-state index in [-0.39, 0.29) is 6.04 Å². The van der Waals surface area contributed by atoms with Crippen molar-refractivity contribution in [3.8, 4) is 0 Å². The van der Waals surface area contributed by atoms with Crippen LogP contribution in [-0.4, -0.2) is 9.78 Å². The molecule has 0 saturated heterocycles. The lowest BCUT2D eigenvalue weighted by molar-refractivity contribution is 0.420. The van der Waals surface area contributed by atoms with E-state index in [1.807, 2.05) is 13.0 Å².